The van der Waals surface area contributed by atoms with Crippen molar-refractivity contribution in [3.8, 4) is 0 Å². The number of amides is 1. The first-order chi connectivity index (χ1) is 10.4. The van der Waals surface area contributed by atoms with E-state index in [1.165, 1.54) is 0 Å². The Morgan fingerprint density at radius 3 is 2.73 bits per heavy atom. The van der Waals surface area contributed by atoms with Crippen molar-refractivity contribution in [2.75, 3.05) is 26.3 Å². The van der Waals surface area contributed by atoms with Crippen molar-refractivity contribution in [3.05, 3.63) is 11.7 Å². The Balaban J connectivity index is 1.83. The maximum Gasteiger partial charge on any atom is 0.227 e. The molecule has 1 aromatic heterocycles. The molecule has 1 amide bonds. The quantitative estimate of drug-likeness (QED) is 0.805. The highest BCUT2D eigenvalue weighted by atomic mass is 16.5. The Morgan fingerprint density at radius 1 is 1.41 bits per heavy atom. The number of carbonyl (C=O) groups is 1. The molecule has 22 heavy (non-hydrogen) atoms. The highest BCUT2D eigenvalue weighted by molar-refractivity contribution is 5.76. The molecule has 0 spiro atoms. The van der Waals surface area contributed by atoms with Gasteiger partial charge in [-0.25, -0.2) is 0 Å². The summed E-state index contributed by atoms with van der Waals surface area (Å²) in [6.07, 6.45) is 1.95. The summed E-state index contributed by atoms with van der Waals surface area (Å²) in [7, 11) is 0. The van der Waals surface area contributed by atoms with Gasteiger partial charge >= 0.3 is 0 Å². The van der Waals surface area contributed by atoms with Crippen LogP contribution in [0.1, 0.15) is 52.3 Å². The molecule has 2 heterocycles. The second-order valence-corrected chi connectivity index (χ2v) is 6.92. The molecule has 0 saturated carbocycles. The zero-order valence-corrected chi connectivity index (χ0v) is 14.1. The van der Waals surface area contributed by atoms with Crippen molar-refractivity contribution in [1.29, 1.82) is 0 Å². The summed E-state index contributed by atoms with van der Waals surface area (Å²) in [5.41, 5.74) is -0.135. The van der Waals surface area contributed by atoms with Crippen LogP contribution in [0.25, 0.3) is 0 Å². The van der Waals surface area contributed by atoms with Gasteiger partial charge in [0.2, 0.25) is 11.8 Å². The molecule has 124 valence electrons. The van der Waals surface area contributed by atoms with Crippen LogP contribution in [0, 0.1) is 5.92 Å². The standard InChI is InChI=1S/C16H27N3O3/c1-5-19(10-12-8-9-21-11-12)14(20)7-6-13-17-15(18-22-13)16(2,3)4/h12H,5-11H2,1-4H3/t12-/m0/s1. The summed E-state index contributed by atoms with van der Waals surface area (Å²) in [5.74, 6) is 1.84. The molecule has 0 unspecified atom stereocenters. The first kappa shape index (κ1) is 16.9. The SMILES string of the molecule is CCN(C[C@@H]1CCOC1)C(=O)CCc1nc(C(C)(C)C)no1. The van der Waals surface area contributed by atoms with E-state index in [2.05, 4.69) is 10.1 Å². The fraction of sp³-hybridized carbons (Fsp3) is 0.812. The predicted octanol–water partition coefficient (Wildman–Crippen LogP) is 2.18. The molecular weight excluding hydrogens is 282 g/mol. The van der Waals surface area contributed by atoms with Crippen molar-refractivity contribution in [1.82, 2.24) is 15.0 Å². The Bertz CT molecular complexity index is 487. The zero-order valence-electron chi connectivity index (χ0n) is 14.1. The summed E-state index contributed by atoms with van der Waals surface area (Å²) >= 11 is 0. The van der Waals surface area contributed by atoms with Gasteiger partial charge in [0.15, 0.2) is 5.82 Å². The second kappa shape index (κ2) is 7.22. The minimum Gasteiger partial charge on any atom is -0.381 e. The number of aryl methyl sites for hydroxylation is 1. The maximum atomic E-state index is 12.3. The molecule has 6 nitrogen and oxygen atoms in total. The van der Waals surface area contributed by atoms with Crippen LogP contribution in [0.2, 0.25) is 0 Å². The smallest absolute Gasteiger partial charge is 0.227 e. The average molecular weight is 309 g/mol. The van der Waals surface area contributed by atoms with E-state index in [4.69, 9.17) is 9.26 Å². The average Bonchev–Trinajstić information content (AvgIpc) is 3.12. The number of nitrogens with zero attached hydrogens (tertiary/aromatic N) is 3. The Kier molecular flexibility index (Phi) is 5.56. The highest BCUT2D eigenvalue weighted by Gasteiger charge is 2.23. The van der Waals surface area contributed by atoms with Gasteiger partial charge in [-0.15, -0.1) is 0 Å². The molecule has 2 rings (SSSR count). The van der Waals surface area contributed by atoms with Gasteiger partial charge in [0.1, 0.15) is 0 Å². The molecule has 0 aromatic carbocycles. The van der Waals surface area contributed by atoms with Crippen LogP contribution in [0.5, 0.6) is 0 Å². The van der Waals surface area contributed by atoms with Crippen molar-refractivity contribution >= 4 is 5.91 Å². The second-order valence-electron chi connectivity index (χ2n) is 6.92. The topological polar surface area (TPSA) is 68.5 Å². The summed E-state index contributed by atoms with van der Waals surface area (Å²) in [6.45, 7) is 11.2. The number of hydrogen-bond donors (Lipinski definition) is 0. The van der Waals surface area contributed by atoms with Crippen LogP contribution in [0.15, 0.2) is 4.52 Å². The number of ether oxygens (including phenoxy) is 1. The predicted molar refractivity (Wildman–Crippen MR) is 82.5 cm³/mol. The van der Waals surface area contributed by atoms with Gasteiger partial charge in [-0.1, -0.05) is 25.9 Å². The molecule has 0 radical (unpaired) electrons. The first-order valence-electron chi connectivity index (χ1n) is 8.08. The van der Waals surface area contributed by atoms with Gasteiger partial charge in [0.05, 0.1) is 6.61 Å². The number of carbonyl (C=O) groups excluding carboxylic acids is 1. The third kappa shape index (κ3) is 4.53. The van der Waals surface area contributed by atoms with Gasteiger partial charge in [-0.2, -0.15) is 4.98 Å². The van der Waals surface area contributed by atoms with Crippen LogP contribution in [0.3, 0.4) is 0 Å². The molecule has 6 heteroatoms. The summed E-state index contributed by atoms with van der Waals surface area (Å²) in [5, 5.41) is 3.99. The molecule has 1 saturated heterocycles. The molecule has 1 fully saturated rings. The van der Waals surface area contributed by atoms with Crippen LogP contribution >= 0.6 is 0 Å². The minimum atomic E-state index is -0.135. The lowest BCUT2D eigenvalue weighted by atomic mass is 9.96. The Morgan fingerprint density at radius 2 is 2.18 bits per heavy atom. The van der Waals surface area contributed by atoms with Crippen LogP contribution in [0.4, 0.5) is 0 Å². The van der Waals surface area contributed by atoms with Crippen LogP contribution < -0.4 is 0 Å². The van der Waals surface area contributed by atoms with Crippen molar-refractivity contribution in [3.63, 3.8) is 0 Å². The fourth-order valence-electron chi connectivity index (χ4n) is 2.48. The van der Waals surface area contributed by atoms with Gasteiger partial charge in [0.25, 0.3) is 0 Å². The maximum absolute atomic E-state index is 12.3. The van der Waals surface area contributed by atoms with E-state index in [-0.39, 0.29) is 11.3 Å². The summed E-state index contributed by atoms with van der Waals surface area (Å²) in [6, 6.07) is 0. The minimum absolute atomic E-state index is 0.135. The van der Waals surface area contributed by atoms with Gasteiger partial charge in [0, 0.05) is 43.9 Å². The molecule has 1 aliphatic heterocycles. The van der Waals surface area contributed by atoms with Gasteiger partial charge in [-0.05, 0) is 13.3 Å². The molecule has 0 N–H and O–H groups in total. The number of hydrogen-bond acceptors (Lipinski definition) is 5. The van der Waals surface area contributed by atoms with Crippen molar-refractivity contribution < 1.29 is 14.1 Å². The monoisotopic (exact) mass is 309 g/mol. The van der Waals surface area contributed by atoms with Crippen LogP contribution in [-0.2, 0) is 21.4 Å². The zero-order chi connectivity index (χ0) is 16.2. The largest absolute Gasteiger partial charge is 0.381 e. The van der Waals surface area contributed by atoms with E-state index in [0.29, 0.717) is 30.5 Å². The Hall–Kier alpha value is -1.43. The third-order valence-electron chi connectivity index (χ3n) is 3.93. The van der Waals surface area contributed by atoms with Gasteiger partial charge < -0.3 is 14.2 Å². The van der Waals surface area contributed by atoms with E-state index in [1.54, 1.807) is 0 Å². The molecule has 1 aliphatic rings. The number of rotatable bonds is 6. The van der Waals surface area contributed by atoms with Gasteiger partial charge in [-0.3, -0.25) is 4.79 Å². The molecule has 1 aromatic rings. The third-order valence-corrected chi connectivity index (χ3v) is 3.93. The molecule has 0 bridgehead atoms. The van der Waals surface area contributed by atoms with E-state index in [1.807, 2.05) is 32.6 Å². The van der Waals surface area contributed by atoms with E-state index >= 15 is 0 Å². The lowest BCUT2D eigenvalue weighted by Crippen LogP contribution is -2.35. The van der Waals surface area contributed by atoms with Crippen molar-refractivity contribution in [2.45, 2.75) is 52.4 Å². The van der Waals surface area contributed by atoms with E-state index in [9.17, 15) is 4.79 Å². The van der Waals surface area contributed by atoms with E-state index in [0.717, 1.165) is 32.7 Å². The Labute approximate surface area is 132 Å². The summed E-state index contributed by atoms with van der Waals surface area (Å²) in [4.78, 5) is 18.6. The lowest BCUT2D eigenvalue weighted by Gasteiger charge is -2.23. The number of aromatic nitrogens is 2. The van der Waals surface area contributed by atoms with Crippen molar-refractivity contribution in [2.24, 2.45) is 5.92 Å². The summed E-state index contributed by atoms with van der Waals surface area (Å²) < 4.78 is 10.6. The molecule has 1 atom stereocenters. The first-order valence-corrected chi connectivity index (χ1v) is 8.08. The van der Waals surface area contributed by atoms with E-state index < -0.39 is 0 Å². The molecular formula is C16H27N3O3. The fourth-order valence-corrected chi connectivity index (χ4v) is 2.48. The lowest BCUT2D eigenvalue weighted by molar-refractivity contribution is -0.131. The highest BCUT2D eigenvalue weighted by Crippen LogP contribution is 2.19. The van der Waals surface area contributed by atoms with Crippen LogP contribution in [-0.4, -0.2) is 47.3 Å². The molecule has 0 aliphatic carbocycles. The normalized spacial score (nSPS) is 18.6.